The molecule has 0 aromatic heterocycles. The van der Waals surface area contributed by atoms with Gasteiger partial charge in [-0.25, -0.2) is 4.39 Å². The van der Waals surface area contributed by atoms with E-state index in [2.05, 4.69) is 19.6 Å². The number of aryl methyl sites for hydroxylation is 1. The molecule has 0 amide bonds. The van der Waals surface area contributed by atoms with Crippen LogP contribution in [0.1, 0.15) is 25.3 Å². The van der Waals surface area contributed by atoms with Gasteiger partial charge >= 0.3 is 0 Å². The molecule has 3 heteroatoms. The maximum atomic E-state index is 13.0. The summed E-state index contributed by atoms with van der Waals surface area (Å²) >= 11 is 4.19. The van der Waals surface area contributed by atoms with Crippen molar-refractivity contribution in [2.45, 2.75) is 26.7 Å². The molecule has 0 N–H and O–H groups in total. The number of halogens is 1. The third-order valence-electron chi connectivity index (χ3n) is 2.63. The highest BCUT2D eigenvalue weighted by Crippen LogP contribution is 2.17. The van der Waals surface area contributed by atoms with Crippen LogP contribution in [0.3, 0.4) is 0 Å². The SMILES string of the molecule is Cc1cc(OCCC(C)CCS)ccc1F. The Bertz CT molecular complexity index is 328. The Hall–Kier alpha value is -0.700. The van der Waals surface area contributed by atoms with E-state index >= 15 is 0 Å². The summed E-state index contributed by atoms with van der Waals surface area (Å²) < 4.78 is 18.6. The van der Waals surface area contributed by atoms with Gasteiger partial charge in [-0.05, 0) is 55.2 Å². The fourth-order valence-corrected chi connectivity index (χ4v) is 1.89. The Morgan fingerprint density at radius 2 is 2.12 bits per heavy atom. The number of hydrogen-bond acceptors (Lipinski definition) is 2. The summed E-state index contributed by atoms with van der Waals surface area (Å²) in [5, 5.41) is 0. The first-order valence-electron chi connectivity index (χ1n) is 5.63. The number of rotatable bonds is 6. The second kappa shape index (κ2) is 6.79. The summed E-state index contributed by atoms with van der Waals surface area (Å²) in [6.07, 6.45) is 2.12. The molecule has 16 heavy (non-hydrogen) atoms. The quantitative estimate of drug-likeness (QED) is 0.745. The molecule has 0 saturated carbocycles. The van der Waals surface area contributed by atoms with Crippen molar-refractivity contribution in [2.24, 2.45) is 5.92 Å². The molecule has 1 nitrogen and oxygen atoms in total. The largest absolute Gasteiger partial charge is 0.494 e. The van der Waals surface area contributed by atoms with Crippen molar-refractivity contribution in [1.29, 1.82) is 0 Å². The molecule has 0 aliphatic heterocycles. The number of ether oxygens (including phenoxy) is 1. The molecule has 0 radical (unpaired) electrons. The van der Waals surface area contributed by atoms with E-state index in [0.29, 0.717) is 18.1 Å². The molecule has 0 aliphatic rings. The number of benzene rings is 1. The van der Waals surface area contributed by atoms with Crippen LogP contribution in [0.15, 0.2) is 18.2 Å². The van der Waals surface area contributed by atoms with Crippen molar-refractivity contribution < 1.29 is 9.13 Å². The van der Waals surface area contributed by atoms with Crippen LogP contribution in [0.2, 0.25) is 0 Å². The van der Waals surface area contributed by atoms with Gasteiger partial charge in [0.2, 0.25) is 0 Å². The van der Waals surface area contributed by atoms with Gasteiger partial charge in [-0.2, -0.15) is 12.6 Å². The fourth-order valence-electron chi connectivity index (χ4n) is 1.45. The summed E-state index contributed by atoms with van der Waals surface area (Å²) in [6.45, 7) is 4.61. The Morgan fingerprint density at radius 1 is 1.38 bits per heavy atom. The van der Waals surface area contributed by atoms with Gasteiger partial charge in [-0.1, -0.05) is 6.92 Å². The highest BCUT2D eigenvalue weighted by molar-refractivity contribution is 7.80. The average molecular weight is 242 g/mol. The van der Waals surface area contributed by atoms with Crippen LogP contribution >= 0.6 is 12.6 Å². The van der Waals surface area contributed by atoms with Gasteiger partial charge in [0.25, 0.3) is 0 Å². The average Bonchev–Trinajstić information content (AvgIpc) is 2.24. The van der Waals surface area contributed by atoms with E-state index in [4.69, 9.17) is 4.74 Å². The predicted molar refractivity (Wildman–Crippen MR) is 68.9 cm³/mol. The van der Waals surface area contributed by atoms with Gasteiger partial charge in [0.1, 0.15) is 11.6 Å². The molecule has 1 aromatic carbocycles. The molecule has 0 fully saturated rings. The van der Waals surface area contributed by atoms with Crippen LogP contribution in [0.4, 0.5) is 4.39 Å². The lowest BCUT2D eigenvalue weighted by molar-refractivity contribution is 0.281. The lowest BCUT2D eigenvalue weighted by Gasteiger charge is -2.11. The normalized spacial score (nSPS) is 12.5. The first-order chi connectivity index (χ1) is 7.63. The second-order valence-corrected chi connectivity index (χ2v) is 4.61. The summed E-state index contributed by atoms with van der Waals surface area (Å²) in [5.74, 6) is 2.10. The standard InChI is InChI=1S/C13H19FOS/c1-10(6-8-16)5-7-15-12-3-4-13(14)11(2)9-12/h3-4,9-10,16H,5-8H2,1-2H3. The molecule has 90 valence electrons. The van der Waals surface area contributed by atoms with Crippen molar-refractivity contribution in [3.63, 3.8) is 0 Å². The number of thiol groups is 1. The molecule has 1 rings (SSSR count). The van der Waals surface area contributed by atoms with E-state index < -0.39 is 0 Å². The van der Waals surface area contributed by atoms with Gasteiger partial charge in [-0.3, -0.25) is 0 Å². The first-order valence-corrected chi connectivity index (χ1v) is 6.26. The van der Waals surface area contributed by atoms with Gasteiger partial charge in [0.15, 0.2) is 0 Å². The van der Waals surface area contributed by atoms with E-state index in [0.717, 1.165) is 24.3 Å². The van der Waals surface area contributed by atoms with Crippen LogP contribution in [0.5, 0.6) is 5.75 Å². The molecular weight excluding hydrogens is 223 g/mol. The Labute approximate surface area is 102 Å². The van der Waals surface area contributed by atoms with Gasteiger partial charge in [0, 0.05) is 0 Å². The third-order valence-corrected chi connectivity index (χ3v) is 2.89. The fraction of sp³-hybridized carbons (Fsp3) is 0.538. The number of hydrogen-bond donors (Lipinski definition) is 1. The maximum absolute atomic E-state index is 13.0. The maximum Gasteiger partial charge on any atom is 0.126 e. The Kier molecular flexibility index (Phi) is 5.67. The molecule has 0 heterocycles. The van der Waals surface area contributed by atoms with Crippen LogP contribution in [-0.2, 0) is 0 Å². The summed E-state index contributed by atoms with van der Waals surface area (Å²) in [5.41, 5.74) is 0.626. The van der Waals surface area contributed by atoms with Crippen molar-refractivity contribution in [3.8, 4) is 5.75 Å². The van der Waals surface area contributed by atoms with Crippen LogP contribution < -0.4 is 4.74 Å². The van der Waals surface area contributed by atoms with E-state index in [1.807, 2.05) is 0 Å². The molecule has 1 aromatic rings. The lowest BCUT2D eigenvalue weighted by Crippen LogP contribution is -2.05. The minimum atomic E-state index is -0.184. The van der Waals surface area contributed by atoms with Crippen LogP contribution in [0, 0.1) is 18.7 Å². The molecule has 0 spiro atoms. The van der Waals surface area contributed by atoms with Crippen molar-refractivity contribution in [1.82, 2.24) is 0 Å². The van der Waals surface area contributed by atoms with Crippen LogP contribution in [-0.4, -0.2) is 12.4 Å². The van der Waals surface area contributed by atoms with E-state index in [-0.39, 0.29) is 5.82 Å². The van der Waals surface area contributed by atoms with Crippen molar-refractivity contribution in [2.75, 3.05) is 12.4 Å². The molecule has 0 bridgehead atoms. The molecular formula is C13H19FOS. The van der Waals surface area contributed by atoms with E-state index in [9.17, 15) is 4.39 Å². The van der Waals surface area contributed by atoms with E-state index in [1.54, 1.807) is 19.1 Å². The summed E-state index contributed by atoms with van der Waals surface area (Å²) in [6, 6.07) is 4.85. The van der Waals surface area contributed by atoms with Crippen molar-refractivity contribution in [3.05, 3.63) is 29.6 Å². The summed E-state index contributed by atoms with van der Waals surface area (Å²) in [4.78, 5) is 0. The van der Waals surface area contributed by atoms with Gasteiger partial charge < -0.3 is 4.74 Å². The zero-order valence-corrected chi connectivity index (χ0v) is 10.8. The Morgan fingerprint density at radius 3 is 2.75 bits per heavy atom. The molecule has 1 atom stereocenters. The second-order valence-electron chi connectivity index (χ2n) is 4.17. The predicted octanol–water partition coefficient (Wildman–Crippen LogP) is 3.86. The monoisotopic (exact) mass is 242 g/mol. The van der Waals surface area contributed by atoms with Crippen molar-refractivity contribution >= 4 is 12.6 Å². The smallest absolute Gasteiger partial charge is 0.126 e. The molecule has 1 unspecified atom stereocenters. The Balaban J connectivity index is 2.34. The van der Waals surface area contributed by atoms with Gasteiger partial charge in [0.05, 0.1) is 6.61 Å². The lowest BCUT2D eigenvalue weighted by atomic mass is 10.1. The zero-order valence-electron chi connectivity index (χ0n) is 9.87. The zero-order chi connectivity index (χ0) is 12.0. The molecule has 0 saturated heterocycles. The topological polar surface area (TPSA) is 9.23 Å². The third kappa shape index (κ3) is 4.44. The van der Waals surface area contributed by atoms with Crippen LogP contribution in [0.25, 0.3) is 0 Å². The van der Waals surface area contributed by atoms with Gasteiger partial charge in [-0.15, -0.1) is 0 Å². The van der Waals surface area contributed by atoms with E-state index in [1.165, 1.54) is 6.07 Å². The molecule has 0 aliphatic carbocycles. The first kappa shape index (κ1) is 13.4. The highest BCUT2D eigenvalue weighted by atomic mass is 32.1. The highest BCUT2D eigenvalue weighted by Gasteiger charge is 2.03. The minimum Gasteiger partial charge on any atom is -0.494 e. The minimum absolute atomic E-state index is 0.184. The summed E-state index contributed by atoms with van der Waals surface area (Å²) in [7, 11) is 0.